The van der Waals surface area contributed by atoms with Gasteiger partial charge in [0, 0.05) is 13.1 Å². The van der Waals surface area contributed by atoms with Gasteiger partial charge < -0.3 is 14.1 Å². The first-order chi connectivity index (χ1) is 9.13. The second-order valence-corrected chi connectivity index (χ2v) is 4.71. The Bertz CT molecular complexity index is 458. The molecule has 5 heteroatoms. The number of piperidine rings is 1. The van der Waals surface area contributed by atoms with Gasteiger partial charge in [-0.25, -0.2) is 0 Å². The second-order valence-electron chi connectivity index (χ2n) is 4.71. The summed E-state index contributed by atoms with van der Waals surface area (Å²) in [6, 6.07) is 1.69. The van der Waals surface area contributed by atoms with E-state index in [1.165, 1.54) is 6.26 Å². The normalized spacial score (nSPS) is 16.4. The lowest BCUT2D eigenvalue weighted by Gasteiger charge is -2.30. The molecule has 1 amide bonds. The molecule has 1 aliphatic rings. The van der Waals surface area contributed by atoms with Crippen molar-refractivity contribution in [2.24, 2.45) is 5.92 Å². The fourth-order valence-corrected chi connectivity index (χ4v) is 2.36. The SMILES string of the molecule is CCOC(=O)C1CCN(C(=O)c2ccoc2C)CC1. The van der Waals surface area contributed by atoms with Crippen molar-refractivity contribution in [3.63, 3.8) is 0 Å². The fraction of sp³-hybridized carbons (Fsp3) is 0.571. The van der Waals surface area contributed by atoms with Crippen molar-refractivity contribution in [3.05, 3.63) is 23.7 Å². The number of carbonyl (C=O) groups excluding carboxylic acids is 2. The van der Waals surface area contributed by atoms with Crippen LogP contribution in [0.5, 0.6) is 0 Å². The van der Waals surface area contributed by atoms with Crippen LogP contribution in [-0.4, -0.2) is 36.5 Å². The summed E-state index contributed by atoms with van der Waals surface area (Å²) in [5.41, 5.74) is 0.606. The monoisotopic (exact) mass is 265 g/mol. The van der Waals surface area contributed by atoms with E-state index in [2.05, 4.69) is 0 Å². The van der Waals surface area contributed by atoms with Crippen LogP contribution in [0.2, 0.25) is 0 Å². The lowest BCUT2D eigenvalue weighted by Crippen LogP contribution is -2.40. The van der Waals surface area contributed by atoms with Crippen LogP contribution < -0.4 is 0 Å². The zero-order valence-electron chi connectivity index (χ0n) is 11.3. The van der Waals surface area contributed by atoms with Crippen molar-refractivity contribution in [2.45, 2.75) is 26.7 Å². The van der Waals surface area contributed by atoms with Gasteiger partial charge in [-0.1, -0.05) is 0 Å². The Kier molecular flexibility index (Phi) is 4.24. The van der Waals surface area contributed by atoms with Gasteiger partial charge >= 0.3 is 5.97 Å². The minimum atomic E-state index is -0.144. The van der Waals surface area contributed by atoms with Crippen molar-refractivity contribution in [1.82, 2.24) is 4.90 Å². The third kappa shape index (κ3) is 2.97. The lowest BCUT2D eigenvalue weighted by molar-refractivity contribution is -0.149. The average molecular weight is 265 g/mol. The number of esters is 1. The number of furan rings is 1. The zero-order chi connectivity index (χ0) is 13.8. The molecule has 0 aromatic carbocycles. The van der Waals surface area contributed by atoms with Gasteiger partial charge in [-0.3, -0.25) is 9.59 Å². The van der Waals surface area contributed by atoms with E-state index >= 15 is 0 Å². The van der Waals surface area contributed by atoms with Crippen molar-refractivity contribution in [3.8, 4) is 0 Å². The third-order valence-corrected chi connectivity index (χ3v) is 3.49. The van der Waals surface area contributed by atoms with Gasteiger partial charge in [0.05, 0.1) is 24.4 Å². The summed E-state index contributed by atoms with van der Waals surface area (Å²) < 4.78 is 10.2. The van der Waals surface area contributed by atoms with Crippen LogP contribution in [0.3, 0.4) is 0 Å². The molecule has 0 N–H and O–H groups in total. The van der Waals surface area contributed by atoms with Crippen LogP contribution >= 0.6 is 0 Å². The molecule has 104 valence electrons. The molecule has 5 nitrogen and oxygen atoms in total. The molecule has 0 unspecified atom stereocenters. The van der Waals surface area contributed by atoms with Crippen molar-refractivity contribution in [2.75, 3.05) is 19.7 Å². The van der Waals surface area contributed by atoms with E-state index < -0.39 is 0 Å². The van der Waals surface area contributed by atoms with Gasteiger partial charge in [0.15, 0.2) is 0 Å². The molecule has 1 aromatic rings. The Morgan fingerprint density at radius 2 is 2.11 bits per heavy atom. The summed E-state index contributed by atoms with van der Waals surface area (Å²) in [6.45, 7) is 5.17. The maximum absolute atomic E-state index is 12.2. The summed E-state index contributed by atoms with van der Waals surface area (Å²) in [5.74, 6) is 0.398. The van der Waals surface area contributed by atoms with Gasteiger partial charge in [0.1, 0.15) is 5.76 Å². The largest absolute Gasteiger partial charge is 0.469 e. The average Bonchev–Trinajstić information content (AvgIpc) is 2.84. The lowest BCUT2D eigenvalue weighted by atomic mass is 9.96. The van der Waals surface area contributed by atoms with E-state index in [1.54, 1.807) is 24.8 Å². The van der Waals surface area contributed by atoms with Crippen LogP contribution in [-0.2, 0) is 9.53 Å². The number of ether oxygens (including phenoxy) is 1. The van der Waals surface area contributed by atoms with Crippen LogP contribution in [0.4, 0.5) is 0 Å². The summed E-state index contributed by atoms with van der Waals surface area (Å²) in [7, 11) is 0. The second kappa shape index (κ2) is 5.91. The number of rotatable bonds is 3. The molecule has 0 aliphatic carbocycles. The number of nitrogens with zero attached hydrogens (tertiary/aromatic N) is 1. The Morgan fingerprint density at radius 1 is 1.42 bits per heavy atom. The zero-order valence-corrected chi connectivity index (χ0v) is 11.3. The molecule has 0 saturated carbocycles. The van der Waals surface area contributed by atoms with Gasteiger partial charge in [-0.05, 0) is 32.8 Å². The minimum absolute atomic E-state index is 0.0199. The predicted octanol–water partition coefficient (Wildman–Crippen LogP) is 2.00. The highest BCUT2D eigenvalue weighted by atomic mass is 16.5. The van der Waals surface area contributed by atoms with Gasteiger partial charge in [0.25, 0.3) is 5.91 Å². The molecule has 0 bridgehead atoms. The number of hydrogen-bond donors (Lipinski definition) is 0. The molecule has 0 spiro atoms. The Hall–Kier alpha value is -1.78. The summed E-state index contributed by atoms with van der Waals surface area (Å²) in [5, 5.41) is 0. The third-order valence-electron chi connectivity index (χ3n) is 3.49. The highest BCUT2D eigenvalue weighted by Crippen LogP contribution is 2.21. The predicted molar refractivity (Wildman–Crippen MR) is 68.7 cm³/mol. The van der Waals surface area contributed by atoms with E-state index in [-0.39, 0.29) is 17.8 Å². The molecule has 0 atom stereocenters. The van der Waals surface area contributed by atoms with E-state index in [0.29, 0.717) is 43.9 Å². The highest BCUT2D eigenvalue weighted by Gasteiger charge is 2.29. The van der Waals surface area contributed by atoms with E-state index in [4.69, 9.17) is 9.15 Å². The Labute approximate surface area is 112 Å². The Balaban J connectivity index is 1.92. The fourth-order valence-electron chi connectivity index (χ4n) is 2.36. The number of amides is 1. The van der Waals surface area contributed by atoms with Crippen molar-refractivity contribution >= 4 is 11.9 Å². The minimum Gasteiger partial charge on any atom is -0.469 e. The maximum atomic E-state index is 12.2. The maximum Gasteiger partial charge on any atom is 0.309 e. The summed E-state index contributed by atoms with van der Waals surface area (Å²) >= 11 is 0. The molecule has 1 aliphatic heterocycles. The number of likely N-dealkylation sites (tertiary alicyclic amines) is 1. The molecule has 19 heavy (non-hydrogen) atoms. The van der Waals surface area contributed by atoms with E-state index in [1.807, 2.05) is 0 Å². The molecular formula is C14H19NO4. The quantitative estimate of drug-likeness (QED) is 0.784. The number of aryl methyl sites for hydroxylation is 1. The van der Waals surface area contributed by atoms with Crippen molar-refractivity contribution < 1.29 is 18.7 Å². The molecule has 2 rings (SSSR count). The van der Waals surface area contributed by atoms with E-state index in [9.17, 15) is 9.59 Å². The smallest absolute Gasteiger partial charge is 0.309 e. The first-order valence-electron chi connectivity index (χ1n) is 6.63. The topological polar surface area (TPSA) is 59.8 Å². The number of carbonyl (C=O) groups is 2. The highest BCUT2D eigenvalue weighted by molar-refractivity contribution is 5.95. The van der Waals surface area contributed by atoms with Crippen molar-refractivity contribution in [1.29, 1.82) is 0 Å². The molecule has 1 saturated heterocycles. The van der Waals surface area contributed by atoms with Gasteiger partial charge in [-0.15, -0.1) is 0 Å². The van der Waals surface area contributed by atoms with E-state index in [0.717, 1.165) is 0 Å². The van der Waals surface area contributed by atoms with Crippen LogP contribution in [0, 0.1) is 12.8 Å². The molecular weight excluding hydrogens is 246 g/mol. The van der Waals surface area contributed by atoms with Gasteiger partial charge in [-0.2, -0.15) is 0 Å². The number of hydrogen-bond acceptors (Lipinski definition) is 4. The summed E-state index contributed by atoms with van der Waals surface area (Å²) in [6.07, 6.45) is 2.86. The van der Waals surface area contributed by atoms with Gasteiger partial charge in [0.2, 0.25) is 0 Å². The molecule has 1 fully saturated rings. The molecule has 0 radical (unpaired) electrons. The van der Waals surface area contributed by atoms with Crippen LogP contribution in [0.1, 0.15) is 35.9 Å². The molecule has 1 aromatic heterocycles. The Morgan fingerprint density at radius 3 is 2.63 bits per heavy atom. The van der Waals surface area contributed by atoms with Crippen LogP contribution in [0.25, 0.3) is 0 Å². The molecule has 2 heterocycles. The first-order valence-corrected chi connectivity index (χ1v) is 6.63. The summed E-state index contributed by atoms with van der Waals surface area (Å²) in [4.78, 5) is 25.6. The van der Waals surface area contributed by atoms with Crippen LogP contribution in [0.15, 0.2) is 16.7 Å². The standard InChI is InChI=1S/C14H19NO4/c1-3-18-14(17)11-4-7-15(8-5-11)13(16)12-6-9-19-10(12)2/h6,9,11H,3-5,7-8H2,1-2H3. The first kappa shape index (κ1) is 13.6.